The van der Waals surface area contributed by atoms with Crippen LogP contribution in [0.4, 0.5) is 4.79 Å². The van der Waals surface area contributed by atoms with Crippen LogP contribution in [0.5, 0.6) is 0 Å². The number of carbonyl (C=O) groups excluding carboxylic acids is 2. The minimum absolute atomic E-state index is 0.286. The lowest BCUT2D eigenvalue weighted by Gasteiger charge is -2.22. The van der Waals surface area contributed by atoms with Gasteiger partial charge in [0.25, 0.3) is 0 Å². The number of alkyl carbamates (subject to hydrolysis) is 1. The van der Waals surface area contributed by atoms with Gasteiger partial charge in [0.15, 0.2) is 0 Å². The van der Waals surface area contributed by atoms with Crippen molar-refractivity contribution < 1.29 is 19.1 Å². The highest BCUT2D eigenvalue weighted by atomic mass is 35.5. The smallest absolute Gasteiger partial charge is 0.408 e. The SMILES string of the molecule is COC(=O)[C@H](Cc1ccc(-c2ccccc2Cl)cc1)NC(=O)OC(C)(C)C. The number of methoxy groups -OCH3 is 1. The normalized spacial score (nSPS) is 12.2. The molecule has 0 unspecified atom stereocenters. The number of carbonyl (C=O) groups is 2. The lowest BCUT2D eigenvalue weighted by Crippen LogP contribution is -2.45. The highest BCUT2D eigenvalue weighted by Gasteiger charge is 2.25. The number of rotatable bonds is 5. The van der Waals surface area contributed by atoms with Gasteiger partial charge in [-0.15, -0.1) is 0 Å². The molecule has 1 atom stereocenters. The molecule has 0 aromatic heterocycles. The molecular formula is C21H24ClNO4. The predicted molar refractivity (Wildman–Crippen MR) is 106 cm³/mol. The van der Waals surface area contributed by atoms with Gasteiger partial charge in [0.1, 0.15) is 11.6 Å². The summed E-state index contributed by atoms with van der Waals surface area (Å²) in [5.41, 5.74) is 2.12. The van der Waals surface area contributed by atoms with Gasteiger partial charge in [-0.1, -0.05) is 54.1 Å². The van der Waals surface area contributed by atoms with E-state index >= 15 is 0 Å². The highest BCUT2D eigenvalue weighted by Crippen LogP contribution is 2.27. The molecule has 0 saturated heterocycles. The second kappa shape index (κ2) is 8.91. The van der Waals surface area contributed by atoms with Gasteiger partial charge < -0.3 is 14.8 Å². The number of ether oxygens (including phenoxy) is 2. The summed E-state index contributed by atoms with van der Waals surface area (Å²) in [6.07, 6.45) is -0.375. The largest absolute Gasteiger partial charge is 0.467 e. The lowest BCUT2D eigenvalue weighted by atomic mass is 10.0. The average molecular weight is 390 g/mol. The van der Waals surface area contributed by atoms with E-state index in [1.807, 2.05) is 48.5 Å². The molecule has 144 valence electrons. The van der Waals surface area contributed by atoms with E-state index in [2.05, 4.69) is 5.32 Å². The molecule has 6 heteroatoms. The summed E-state index contributed by atoms with van der Waals surface area (Å²) in [5, 5.41) is 3.24. The van der Waals surface area contributed by atoms with Crippen LogP contribution in [-0.4, -0.2) is 30.8 Å². The van der Waals surface area contributed by atoms with E-state index in [1.54, 1.807) is 20.8 Å². The van der Waals surface area contributed by atoms with Crippen molar-refractivity contribution in [3.8, 4) is 11.1 Å². The molecule has 0 aliphatic heterocycles. The summed E-state index contributed by atoms with van der Waals surface area (Å²) in [6, 6.07) is 14.4. The first kappa shape index (κ1) is 20.8. The molecule has 0 aliphatic rings. The van der Waals surface area contributed by atoms with Crippen LogP contribution in [0.3, 0.4) is 0 Å². The monoisotopic (exact) mass is 389 g/mol. The van der Waals surface area contributed by atoms with Crippen molar-refractivity contribution in [3.63, 3.8) is 0 Å². The Morgan fingerprint density at radius 1 is 1.07 bits per heavy atom. The maximum absolute atomic E-state index is 12.0. The Morgan fingerprint density at radius 2 is 1.70 bits per heavy atom. The molecule has 0 heterocycles. The highest BCUT2D eigenvalue weighted by molar-refractivity contribution is 6.33. The summed E-state index contributed by atoms with van der Waals surface area (Å²) in [7, 11) is 1.28. The number of halogens is 1. The predicted octanol–water partition coefficient (Wildman–Crippen LogP) is 4.62. The minimum Gasteiger partial charge on any atom is -0.467 e. The fourth-order valence-electron chi connectivity index (χ4n) is 2.54. The van der Waals surface area contributed by atoms with Gasteiger partial charge in [-0.3, -0.25) is 0 Å². The second-order valence-electron chi connectivity index (χ2n) is 7.10. The zero-order valence-corrected chi connectivity index (χ0v) is 16.7. The van der Waals surface area contributed by atoms with Crippen LogP contribution in [0.25, 0.3) is 11.1 Å². The van der Waals surface area contributed by atoms with Crippen LogP contribution < -0.4 is 5.32 Å². The third kappa shape index (κ3) is 6.29. The molecule has 1 N–H and O–H groups in total. The number of hydrogen-bond donors (Lipinski definition) is 1. The standard InChI is InChI=1S/C21H24ClNO4/c1-21(2,3)27-20(25)23-18(19(24)26-4)13-14-9-11-15(12-10-14)16-7-5-6-8-17(16)22/h5-12,18H,13H2,1-4H3,(H,23,25)/t18-/m0/s1. The van der Waals surface area contributed by atoms with Crippen molar-refractivity contribution in [2.45, 2.75) is 38.8 Å². The van der Waals surface area contributed by atoms with Gasteiger partial charge in [-0.25, -0.2) is 9.59 Å². The van der Waals surface area contributed by atoms with Gasteiger partial charge >= 0.3 is 12.1 Å². The number of hydrogen-bond acceptors (Lipinski definition) is 4. The Kier molecular flexibility index (Phi) is 6.86. The van der Waals surface area contributed by atoms with E-state index in [-0.39, 0.29) is 6.42 Å². The first-order valence-corrected chi connectivity index (χ1v) is 8.98. The lowest BCUT2D eigenvalue weighted by molar-refractivity contribution is -0.143. The molecule has 27 heavy (non-hydrogen) atoms. The van der Waals surface area contributed by atoms with Crippen LogP contribution in [0.15, 0.2) is 48.5 Å². The maximum Gasteiger partial charge on any atom is 0.408 e. The quantitative estimate of drug-likeness (QED) is 0.758. The Bertz CT molecular complexity index is 797. The molecular weight excluding hydrogens is 366 g/mol. The minimum atomic E-state index is -0.837. The molecule has 0 saturated carbocycles. The van der Waals surface area contributed by atoms with E-state index in [4.69, 9.17) is 21.1 Å². The zero-order chi connectivity index (χ0) is 20.0. The molecule has 5 nitrogen and oxygen atoms in total. The molecule has 2 rings (SSSR count). The topological polar surface area (TPSA) is 64.6 Å². The van der Waals surface area contributed by atoms with E-state index in [0.717, 1.165) is 16.7 Å². The Labute approximate surface area is 164 Å². The van der Waals surface area contributed by atoms with Crippen LogP contribution >= 0.6 is 11.6 Å². The van der Waals surface area contributed by atoms with Crippen LogP contribution in [0.2, 0.25) is 5.02 Å². The number of benzene rings is 2. The van der Waals surface area contributed by atoms with Gasteiger partial charge in [0, 0.05) is 17.0 Å². The van der Waals surface area contributed by atoms with Crippen molar-refractivity contribution in [3.05, 3.63) is 59.1 Å². The van der Waals surface area contributed by atoms with Crippen LogP contribution in [0, 0.1) is 0 Å². The van der Waals surface area contributed by atoms with Gasteiger partial charge in [-0.2, -0.15) is 0 Å². The average Bonchev–Trinajstić information content (AvgIpc) is 2.60. The molecule has 0 bridgehead atoms. The van der Waals surface area contributed by atoms with Gasteiger partial charge in [-0.05, 0) is 38.0 Å². The molecule has 0 fully saturated rings. The molecule has 2 aromatic carbocycles. The second-order valence-corrected chi connectivity index (χ2v) is 7.51. The third-order valence-corrected chi connectivity index (χ3v) is 4.08. The Hall–Kier alpha value is -2.53. The van der Waals surface area contributed by atoms with E-state index in [9.17, 15) is 9.59 Å². The van der Waals surface area contributed by atoms with Crippen molar-refractivity contribution in [2.75, 3.05) is 7.11 Å². The van der Waals surface area contributed by atoms with Crippen LogP contribution in [-0.2, 0) is 20.7 Å². The zero-order valence-electron chi connectivity index (χ0n) is 15.9. The van der Waals surface area contributed by atoms with Crippen molar-refractivity contribution in [2.24, 2.45) is 0 Å². The summed E-state index contributed by atoms with van der Waals surface area (Å²) >= 11 is 6.23. The van der Waals surface area contributed by atoms with Gasteiger partial charge in [0.05, 0.1) is 7.11 Å². The fraction of sp³-hybridized carbons (Fsp3) is 0.333. The Morgan fingerprint density at radius 3 is 2.26 bits per heavy atom. The third-order valence-electron chi connectivity index (χ3n) is 3.76. The molecule has 2 aromatic rings. The molecule has 1 amide bonds. The number of nitrogens with one attached hydrogen (secondary N) is 1. The first-order valence-electron chi connectivity index (χ1n) is 8.61. The van der Waals surface area contributed by atoms with Crippen molar-refractivity contribution in [1.82, 2.24) is 5.32 Å². The Balaban J connectivity index is 2.12. The van der Waals surface area contributed by atoms with Crippen LogP contribution in [0.1, 0.15) is 26.3 Å². The maximum atomic E-state index is 12.0. The summed E-state index contributed by atoms with van der Waals surface area (Å²) in [4.78, 5) is 24.0. The number of esters is 1. The molecule has 0 aliphatic carbocycles. The number of amides is 1. The fourth-order valence-corrected chi connectivity index (χ4v) is 2.78. The summed E-state index contributed by atoms with van der Waals surface area (Å²) in [5.74, 6) is -0.531. The van der Waals surface area contributed by atoms with E-state index < -0.39 is 23.7 Å². The van der Waals surface area contributed by atoms with E-state index in [1.165, 1.54) is 7.11 Å². The molecule has 0 radical (unpaired) electrons. The van der Waals surface area contributed by atoms with E-state index in [0.29, 0.717) is 5.02 Å². The summed E-state index contributed by atoms with van der Waals surface area (Å²) in [6.45, 7) is 5.27. The first-order chi connectivity index (χ1) is 12.7. The molecule has 0 spiro atoms. The van der Waals surface area contributed by atoms with Gasteiger partial charge in [0.2, 0.25) is 0 Å². The van der Waals surface area contributed by atoms with Crippen molar-refractivity contribution >= 4 is 23.7 Å². The van der Waals surface area contributed by atoms with Crippen molar-refractivity contribution in [1.29, 1.82) is 0 Å². The summed E-state index contributed by atoms with van der Waals surface area (Å²) < 4.78 is 10.0.